The Morgan fingerprint density at radius 1 is 1.32 bits per heavy atom. The van der Waals surface area contributed by atoms with E-state index in [9.17, 15) is 0 Å². The predicted octanol–water partition coefficient (Wildman–Crippen LogP) is 3.71. The van der Waals surface area contributed by atoms with E-state index in [1.807, 2.05) is 0 Å². The van der Waals surface area contributed by atoms with Crippen LogP contribution in [0.3, 0.4) is 0 Å². The molecule has 1 rings (SSSR count). The second kappa shape index (κ2) is 8.39. The van der Waals surface area contributed by atoms with Crippen LogP contribution in [-0.4, -0.2) is 24.5 Å². The molecule has 3 nitrogen and oxygen atoms in total. The van der Waals surface area contributed by atoms with Gasteiger partial charge in [0.05, 0.1) is 6.54 Å². The number of rotatable bonds is 9. The lowest BCUT2D eigenvalue weighted by atomic mass is 10.2. The quantitative estimate of drug-likeness (QED) is 0.691. The van der Waals surface area contributed by atoms with Crippen molar-refractivity contribution in [2.24, 2.45) is 0 Å². The van der Waals surface area contributed by atoms with Gasteiger partial charge in [0.25, 0.3) is 0 Å². The summed E-state index contributed by atoms with van der Waals surface area (Å²) in [5.41, 5.74) is 1.32. The fourth-order valence-corrected chi connectivity index (χ4v) is 2.14. The molecule has 1 heterocycles. The van der Waals surface area contributed by atoms with Gasteiger partial charge in [-0.05, 0) is 33.0 Å². The van der Waals surface area contributed by atoms with E-state index >= 15 is 0 Å². The van der Waals surface area contributed by atoms with Crippen molar-refractivity contribution in [1.82, 2.24) is 10.2 Å². The maximum atomic E-state index is 5.80. The molecule has 0 aliphatic rings. The first-order valence-electron chi connectivity index (χ1n) is 7.53. The Kier molecular flexibility index (Phi) is 7.17. The van der Waals surface area contributed by atoms with Crippen LogP contribution in [0.1, 0.15) is 57.1 Å². The summed E-state index contributed by atoms with van der Waals surface area (Å²) in [4.78, 5) is 2.38. The molecule has 0 saturated heterocycles. The first kappa shape index (κ1) is 16.3. The number of hydrogen-bond donors (Lipinski definition) is 1. The highest BCUT2D eigenvalue weighted by atomic mass is 16.3. The van der Waals surface area contributed by atoms with Crippen molar-refractivity contribution in [1.29, 1.82) is 0 Å². The standard InChI is InChI=1S/C16H30N2O/c1-6-7-8-9-18(5)12-15-10-16(19-14(15)4)11-17-13(2)3/h10,13,17H,6-9,11-12H2,1-5H3. The van der Waals surface area contributed by atoms with Gasteiger partial charge in [-0.2, -0.15) is 0 Å². The van der Waals surface area contributed by atoms with Gasteiger partial charge in [0.1, 0.15) is 11.5 Å². The molecule has 0 atom stereocenters. The van der Waals surface area contributed by atoms with Gasteiger partial charge >= 0.3 is 0 Å². The molecule has 0 aliphatic carbocycles. The van der Waals surface area contributed by atoms with Crippen molar-refractivity contribution < 1.29 is 4.42 Å². The first-order chi connectivity index (χ1) is 9.02. The lowest BCUT2D eigenvalue weighted by Crippen LogP contribution is -2.21. The number of nitrogens with zero attached hydrogens (tertiary/aromatic N) is 1. The summed E-state index contributed by atoms with van der Waals surface area (Å²) >= 11 is 0. The maximum absolute atomic E-state index is 5.80. The van der Waals surface area contributed by atoms with Crippen LogP contribution in [0.4, 0.5) is 0 Å². The summed E-state index contributed by atoms with van der Waals surface area (Å²) in [7, 11) is 2.19. The van der Waals surface area contributed by atoms with Crippen molar-refractivity contribution in [3.8, 4) is 0 Å². The minimum atomic E-state index is 0.491. The largest absolute Gasteiger partial charge is 0.465 e. The van der Waals surface area contributed by atoms with Gasteiger partial charge in [0, 0.05) is 18.2 Å². The molecule has 110 valence electrons. The van der Waals surface area contributed by atoms with Crippen LogP contribution in [0, 0.1) is 6.92 Å². The van der Waals surface area contributed by atoms with Crippen molar-refractivity contribution in [3.63, 3.8) is 0 Å². The topological polar surface area (TPSA) is 28.4 Å². The molecule has 0 aliphatic heterocycles. The Hall–Kier alpha value is -0.800. The molecule has 0 spiro atoms. The van der Waals surface area contributed by atoms with Crippen molar-refractivity contribution in [2.45, 2.75) is 66.1 Å². The molecule has 0 radical (unpaired) electrons. The van der Waals surface area contributed by atoms with E-state index in [1.54, 1.807) is 0 Å². The van der Waals surface area contributed by atoms with Crippen molar-refractivity contribution in [3.05, 3.63) is 23.2 Å². The lowest BCUT2D eigenvalue weighted by Gasteiger charge is -2.15. The number of aryl methyl sites for hydroxylation is 1. The molecule has 0 unspecified atom stereocenters. The van der Waals surface area contributed by atoms with Gasteiger partial charge in [-0.25, -0.2) is 0 Å². The van der Waals surface area contributed by atoms with Crippen molar-refractivity contribution in [2.75, 3.05) is 13.6 Å². The van der Waals surface area contributed by atoms with Crippen LogP contribution in [-0.2, 0) is 13.1 Å². The van der Waals surface area contributed by atoms with E-state index in [4.69, 9.17) is 4.42 Å². The fourth-order valence-electron chi connectivity index (χ4n) is 2.14. The number of furan rings is 1. The zero-order valence-electron chi connectivity index (χ0n) is 13.3. The van der Waals surface area contributed by atoms with Crippen LogP contribution in [0.15, 0.2) is 10.5 Å². The van der Waals surface area contributed by atoms with Gasteiger partial charge in [0.2, 0.25) is 0 Å². The molecule has 0 bridgehead atoms. The van der Waals surface area contributed by atoms with Gasteiger partial charge < -0.3 is 14.6 Å². The maximum Gasteiger partial charge on any atom is 0.118 e. The Labute approximate surface area is 118 Å². The highest BCUT2D eigenvalue weighted by molar-refractivity contribution is 5.20. The van der Waals surface area contributed by atoms with E-state index in [2.05, 4.69) is 51.0 Å². The Morgan fingerprint density at radius 3 is 2.68 bits per heavy atom. The highest BCUT2D eigenvalue weighted by Crippen LogP contribution is 2.16. The monoisotopic (exact) mass is 266 g/mol. The predicted molar refractivity (Wildman–Crippen MR) is 81.3 cm³/mol. The molecule has 0 amide bonds. The fraction of sp³-hybridized carbons (Fsp3) is 0.750. The summed E-state index contributed by atoms with van der Waals surface area (Å²) in [6, 6.07) is 2.69. The molecule has 0 fully saturated rings. The average molecular weight is 266 g/mol. The number of unbranched alkanes of at least 4 members (excludes halogenated alkanes) is 2. The van der Waals surface area contributed by atoms with E-state index in [0.717, 1.165) is 31.2 Å². The number of nitrogens with one attached hydrogen (secondary N) is 1. The van der Waals surface area contributed by atoms with E-state index in [1.165, 1.54) is 24.8 Å². The van der Waals surface area contributed by atoms with Crippen LogP contribution >= 0.6 is 0 Å². The molecule has 19 heavy (non-hydrogen) atoms. The summed E-state index contributed by atoms with van der Waals surface area (Å²) < 4.78 is 5.80. The third kappa shape index (κ3) is 6.26. The van der Waals surface area contributed by atoms with Crippen LogP contribution in [0.2, 0.25) is 0 Å². The second-order valence-corrected chi connectivity index (χ2v) is 5.77. The minimum Gasteiger partial charge on any atom is -0.465 e. The summed E-state index contributed by atoms with van der Waals surface area (Å²) in [6.07, 6.45) is 3.88. The third-order valence-electron chi connectivity index (χ3n) is 3.34. The first-order valence-corrected chi connectivity index (χ1v) is 7.53. The normalized spacial score (nSPS) is 11.7. The van der Waals surface area contributed by atoms with Gasteiger partial charge in [-0.3, -0.25) is 0 Å². The Morgan fingerprint density at radius 2 is 2.05 bits per heavy atom. The summed E-state index contributed by atoms with van der Waals surface area (Å²) in [6.45, 7) is 11.6. The molecule has 1 aromatic heterocycles. The van der Waals surface area contributed by atoms with E-state index < -0.39 is 0 Å². The Balaban J connectivity index is 2.44. The molecule has 3 heteroatoms. The van der Waals surface area contributed by atoms with Crippen LogP contribution < -0.4 is 5.32 Å². The molecular formula is C16H30N2O. The summed E-state index contributed by atoms with van der Waals surface area (Å²) in [5.74, 6) is 2.10. The molecule has 1 aromatic rings. The van der Waals surface area contributed by atoms with Gasteiger partial charge in [-0.1, -0.05) is 33.6 Å². The molecule has 1 N–H and O–H groups in total. The molecular weight excluding hydrogens is 236 g/mol. The van der Waals surface area contributed by atoms with Gasteiger partial charge in [-0.15, -0.1) is 0 Å². The SMILES string of the molecule is CCCCCN(C)Cc1cc(CNC(C)C)oc1C. The number of hydrogen-bond acceptors (Lipinski definition) is 3. The third-order valence-corrected chi connectivity index (χ3v) is 3.34. The average Bonchev–Trinajstić information content (AvgIpc) is 2.68. The molecule has 0 aromatic carbocycles. The van der Waals surface area contributed by atoms with Crippen molar-refractivity contribution >= 4 is 0 Å². The van der Waals surface area contributed by atoms with E-state index in [-0.39, 0.29) is 0 Å². The minimum absolute atomic E-state index is 0.491. The smallest absolute Gasteiger partial charge is 0.118 e. The second-order valence-electron chi connectivity index (χ2n) is 5.77. The zero-order valence-corrected chi connectivity index (χ0v) is 13.3. The Bertz CT molecular complexity index is 358. The van der Waals surface area contributed by atoms with Crippen LogP contribution in [0.25, 0.3) is 0 Å². The summed E-state index contributed by atoms with van der Waals surface area (Å²) in [5, 5.41) is 3.39. The van der Waals surface area contributed by atoms with Crippen LogP contribution in [0.5, 0.6) is 0 Å². The van der Waals surface area contributed by atoms with E-state index in [0.29, 0.717) is 6.04 Å². The lowest BCUT2D eigenvalue weighted by molar-refractivity contribution is 0.315. The highest BCUT2D eigenvalue weighted by Gasteiger charge is 2.09. The zero-order chi connectivity index (χ0) is 14.3. The molecule has 0 saturated carbocycles. The van der Waals surface area contributed by atoms with Gasteiger partial charge in [0.15, 0.2) is 0 Å².